The number of likely N-dealkylation sites (tertiary alicyclic amines) is 1. The second kappa shape index (κ2) is 5.05. The molecule has 2 aliphatic heterocycles. The highest BCUT2D eigenvalue weighted by molar-refractivity contribution is 7.93. The van der Waals surface area contributed by atoms with Crippen molar-refractivity contribution in [2.75, 3.05) is 32.1 Å². The standard InChI is InChI=1S/C13H23NO4S/c1-4-18-7-11-5-6-19(16,17)13(11)8-14(9-13)12(15)10(2)3/h10-11H,4-9H2,1-3H3. The average Bonchev–Trinajstić information content (AvgIpc) is 2.54. The number of carbonyl (C=O) groups excluding carboxylic acids is 1. The van der Waals surface area contributed by atoms with Gasteiger partial charge in [-0.1, -0.05) is 13.8 Å². The third-order valence-electron chi connectivity index (χ3n) is 4.34. The SMILES string of the molecule is CCOCC1CCS(=O)(=O)C12CN(C(=O)C(C)C)C2. The summed E-state index contributed by atoms with van der Waals surface area (Å²) in [5, 5.41) is 0. The molecule has 0 N–H and O–H groups in total. The van der Waals surface area contributed by atoms with Gasteiger partial charge in [0.05, 0.1) is 12.4 Å². The van der Waals surface area contributed by atoms with E-state index in [1.807, 2.05) is 20.8 Å². The van der Waals surface area contributed by atoms with E-state index in [1.165, 1.54) is 0 Å². The van der Waals surface area contributed by atoms with Crippen LogP contribution in [0, 0.1) is 11.8 Å². The van der Waals surface area contributed by atoms with Crippen molar-refractivity contribution in [1.29, 1.82) is 0 Å². The molecule has 2 rings (SSSR count). The number of sulfone groups is 1. The molecule has 19 heavy (non-hydrogen) atoms. The molecule has 0 aromatic carbocycles. The largest absolute Gasteiger partial charge is 0.381 e. The molecule has 1 atom stereocenters. The second-order valence-electron chi connectivity index (χ2n) is 5.88. The van der Waals surface area contributed by atoms with Crippen LogP contribution < -0.4 is 0 Å². The zero-order valence-electron chi connectivity index (χ0n) is 11.9. The fourth-order valence-corrected chi connectivity index (χ4v) is 5.49. The number of amides is 1. The first-order chi connectivity index (χ1) is 8.84. The molecule has 110 valence electrons. The summed E-state index contributed by atoms with van der Waals surface area (Å²) >= 11 is 0. The lowest BCUT2D eigenvalue weighted by atomic mass is 9.83. The van der Waals surface area contributed by atoms with Gasteiger partial charge in [0.1, 0.15) is 4.75 Å². The molecular formula is C13H23NO4S. The molecule has 1 unspecified atom stereocenters. The Morgan fingerprint density at radius 1 is 1.42 bits per heavy atom. The molecule has 1 amide bonds. The summed E-state index contributed by atoms with van der Waals surface area (Å²) < 4.78 is 29.3. The highest BCUT2D eigenvalue weighted by Crippen LogP contribution is 2.45. The number of hydrogen-bond donors (Lipinski definition) is 0. The Kier molecular flexibility index (Phi) is 3.93. The van der Waals surface area contributed by atoms with E-state index in [0.29, 0.717) is 32.7 Å². The molecule has 2 saturated heterocycles. The van der Waals surface area contributed by atoms with Crippen molar-refractivity contribution in [2.24, 2.45) is 11.8 Å². The van der Waals surface area contributed by atoms with Crippen molar-refractivity contribution >= 4 is 15.7 Å². The molecule has 0 aromatic heterocycles. The van der Waals surface area contributed by atoms with E-state index >= 15 is 0 Å². The predicted octanol–water partition coefficient (Wildman–Crippen LogP) is 0.695. The van der Waals surface area contributed by atoms with Crippen LogP contribution in [0.1, 0.15) is 27.2 Å². The van der Waals surface area contributed by atoms with Crippen LogP contribution in [0.15, 0.2) is 0 Å². The lowest BCUT2D eigenvalue weighted by Gasteiger charge is -2.50. The van der Waals surface area contributed by atoms with E-state index < -0.39 is 14.6 Å². The van der Waals surface area contributed by atoms with E-state index in [1.54, 1.807) is 4.90 Å². The third kappa shape index (κ3) is 2.29. The summed E-state index contributed by atoms with van der Waals surface area (Å²) in [6.07, 6.45) is 0.659. The summed E-state index contributed by atoms with van der Waals surface area (Å²) in [5.74, 6) is 0.234. The minimum Gasteiger partial charge on any atom is -0.381 e. The first-order valence-corrected chi connectivity index (χ1v) is 8.58. The maximum Gasteiger partial charge on any atom is 0.225 e. The van der Waals surface area contributed by atoms with Crippen molar-refractivity contribution in [3.63, 3.8) is 0 Å². The van der Waals surface area contributed by atoms with Gasteiger partial charge in [-0.15, -0.1) is 0 Å². The molecule has 2 aliphatic rings. The van der Waals surface area contributed by atoms with E-state index in [9.17, 15) is 13.2 Å². The summed E-state index contributed by atoms with van der Waals surface area (Å²) in [7, 11) is -3.10. The van der Waals surface area contributed by atoms with Gasteiger partial charge in [-0.3, -0.25) is 4.79 Å². The van der Waals surface area contributed by atoms with Gasteiger partial charge < -0.3 is 9.64 Å². The molecule has 6 heteroatoms. The number of hydrogen-bond acceptors (Lipinski definition) is 4. The van der Waals surface area contributed by atoms with Crippen LogP contribution in [-0.2, 0) is 19.4 Å². The molecule has 0 bridgehead atoms. The van der Waals surface area contributed by atoms with Crippen LogP contribution in [-0.4, -0.2) is 56.0 Å². The van der Waals surface area contributed by atoms with Crippen molar-refractivity contribution in [3.05, 3.63) is 0 Å². The summed E-state index contributed by atoms with van der Waals surface area (Å²) in [5.41, 5.74) is 0. The molecule has 0 saturated carbocycles. The normalized spacial score (nSPS) is 27.8. The molecular weight excluding hydrogens is 266 g/mol. The topological polar surface area (TPSA) is 63.7 Å². The van der Waals surface area contributed by atoms with Gasteiger partial charge in [0.15, 0.2) is 9.84 Å². The maximum absolute atomic E-state index is 12.3. The van der Waals surface area contributed by atoms with E-state index in [4.69, 9.17) is 4.74 Å². The quantitative estimate of drug-likeness (QED) is 0.764. The zero-order valence-corrected chi connectivity index (χ0v) is 12.7. The Morgan fingerprint density at radius 3 is 2.58 bits per heavy atom. The van der Waals surface area contributed by atoms with Crippen molar-refractivity contribution in [1.82, 2.24) is 4.90 Å². The second-order valence-corrected chi connectivity index (χ2v) is 8.33. The first kappa shape index (κ1) is 14.8. The highest BCUT2D eigenvalue weighted by atomic mass is 32.2. The van der Waals surface area contributed by atoms with Crippen LogP contribution in [0.4, 0.5) is 0 Å². The van der Waals surface area contributed by atoms with Gasteiger partial charge in [-0.2, -0.15) is 0 Å². The Bertz CT molecular complexity index is 451. The molecule has 0 radical (unpaired) electrons. The van der Waals surface area contributed by atoms with Crippen LogP contribution in [0.2, 0.25) is 0 Å². The third-order valence-corrected chi connectivity index (χ3v) is 6.95. The molecule has 2 heterocycles. The van der Waals surface area contributed by atoms with Gasteiger partial charge >= 0.3 is 0 Å². The minimum absolute atomic E-state index is 0.0358. The molecule has 0 aliphatic carbocycles. The van der Waals surface area contributed by atoms with Gasteiger partial charge in [-0.25, -0.2) is 8.42 Å². The number of nitrogens with zero attached hydrogens (tertiary/aromatic N) is 1. The van der Waals surface area contributed by atoms with Gasteiger partial charge in [0.25, 0.3) is 0 Å². The van der Waals surface area contributed by atoms with Gasteiger partial charge in [0, 0.05) is 31.5 Å². The fraction of sp³-hybridized carbons (Fsp3) is 0.923. The molecule has 1 spiro atoms. The van der Waals surface area contributed by atoms with E-state index in [2.05, 4.69) is 0 Å². The van der Waals surface area contributed by atoms with Crippen LogP contribution in [0.3, 0.4) is 0 Å². The lowest BCUT2D eigenvalue weighted by Crippen LogP contribution is -2.69. The fourth-order valence-electron chi connectivity index (χ4n) is 3.09. The number of carbonyl (C=O) groups is 1. The maximum atomic E-state index is 12.3. The smallest absolute Gasteiger partial charge is 0.225 e. The van der Waals surface area contributed by atoms with Crippen LogP contribution >= 0.6 is 0 Å². The van der Waals surface area contributed by atoms with Crippen molar-refractivity contribution in [2.45, 2.75) is 31.9 Å². The highest BCUT2D eigenvalue weighted by Gasteiger charge is 2.62. The summed E-state index contributed by atoms with van der Waals surface area (Å²) in [6, 6.07) is 0. The summed E-state index contributed by atoms with van der Waals surface area (Å²) in [6.45, 7) is 7.38. The van der Waals surface area contributed by atoms with Crippen molar-refractivity contribution < 1.29 is 17.9 Å². The Hall–Kier alpha value is -0.620. The predicted molar refractivity (Wildman–Crippen MR) is 72.5 cm³/mol. The van der Waals surface area contributed by atoms with E-state index in [-0.39, 0.29) is 23.5 Å². The number of ether oxygens (including phenoxy) is 1. The van der Waals surface area contributed by atoms with Crippen LogP contribution in [0.5, 0.6) is 0 Å². The molecule has 5 nitrogen and oxygen atoms in total. The molecule has 2 fully saturated rings. The summed E-state index contributed by atoms with van der Waals surface area (Å²) in [4.78, 5) is 13.6. The van der Waals surface area contributed by atoms with Crippen molar-refractivity contribution in [3.8, 4) is 0 Å². The monoisotopic (exact) mass is 289 g/mol. The zero-order chi connectivity index (χ0) is 14.3. The Balaban J connectivity index is 2.10. The number of rotatable bonds is 4. The van der Waals surface area contributed by atoms with Crippen LogP contribution in [0.25, 0.3) is 0 Å². The van der Waals surface area contributed by atoms with Gasteiger partial charge in [-0.05, 0) is 13.3 Å². The minimum atomic E-state index is -3.10. The van der Waals surface area contributed by atoms with Gasteiger partial charge in [0.2, 0.25) is 5.91 Å². The first-order valence-electron chi connectivity index (χ1n) is 6.93. The van der Waals surface area contributed by atoms with E-state index in [0.717, 1.165) is 0 Å². The molecule has 0 aromatic rings. The Morgan fingerprint density at radius 2 is 2.05 bits per heavy atom. The Labute approximate surface area is 115 Å². The lowest BCUT2D eigenvalue weighted by molar-refractivity contribution is -0.141. The average molecular weight is 289 g/mol.